The van der Waals surface area contributed by atoms with Crippen molar-refractivity contribution < 1.29 is 9.21 Å². The molecule has 0 saturated heterocycles. The summed E-state index contributed by atoms with van der Waals surface area (Å²) in [5.41, 5.74) is 4.39. The second-order valence-corrected chi connectivity index (χ2v) is 7.59. The number of nitrogens with one attached hydrogen (secondary N) is 1. The number of hydrogen-bond acceptors (Lipinski definition) is 4. The molecular formula is C21H17ClN4O3. The van der Waals surface area contributed by atoms with Crippen molar-refractivity contribution in [3.8, 4) is 0 Å². The zero-order valence-corrected chi connectivity index (χ0v) is 16.3. The summed E-state index contributed by atoms with van der Waals surface area (Å²) in [6.07, 6.45) is 2.27. The van der Waals surface area contributed by atoms with Crippen LogP contribution in [0.25, 0.3) is 11.1 Å². The molecule has 7 nitrogen and oxygen atoms in total. The SMILES string of the molecule is Cn1cc(Cl)c(CC2c3ccccc3C(=O)N2Cc2ccc3[nH]c(=O)oc3c2)n1. The van der Waals surface area contributed by atoms with Crippen LogP contribution in [0.15, 0.2) is 57.9 Å². The molecule has 1 N–H and O–H groups in total. The van der Waals surface area contributed by atoms with Gasteiger partial charge < -0.3 is 9.32 Å². The second kappa shape index (κ2) is 6.63. The van der Waals surface area contributed by atoms with Gasteiger partial charge in [-0.05, 0) is 29.3 Å². The lowest BCUT2D eigenvalue weighted by Gasteiger charge is -2.25. The molecule has 0 fully saturated rings. The van der Waals surface area contributed by atoms with Crippen LogP contribution in [0.3, 0.4) is 0 Å². The lowest BCUT2D eigenvalue weighted by Crippen LogP contribution is -2.29. The van der Waals surface area contributed by atoms with E-state index in [1.165, 1.54) is 0 Å². The van der Waals surface area contributed by atoms with Gasteiger partial charge in [0.1, 0.15) is 0 Å². The van der Waals surface area contributed by atoms with Gasteiger partial charge in [-0.2, -0.15) is 5.10 Å². The molecular weight excluding hydrogens is 392 g/mol. The Labute approximate surface area is 170 Å². The van der Waals surface area contributed by atoms with Gasteiger partial charge >= 0.3 is 5.76 Å². The largest absolute Gasteiger partial charge is 0.417 e. The molecule has 1 aliphatic heterocycles. The van der Waals surface area contributed by atoms with Crippen molar-refractivity contribution in [1.29, 1.82) is 0 Å². The first-order chi connectivity index (χ1) is 14.0. The van der Waals surface area contributed by atoms with Gasteiger partial charge in [0.2, 0.25) is 0 Å². The van der Waals surface area contributed by atoms with Crippen LogP contribution < -0.4 is 5.76 Å². The van der Waals surface area contributed by atoms with Gasteiger partial charge in [-0.15, -0.1) is 0 Å². The van der Waals surface area contributed by atoms with Crippen molar-refractivity contribution in [3.63, 3.8) is 0 Å². The first-order valence-corrected chi connectivity index (χ1v) is 9.57. The molecule has 1 amide bonds. The van der Waals surface area contributed by atoms with Gasteiger partial charge in [-0.1, -0.05) is 35.9 Å². The Morgan fingerprint density at radius 2 is 2.03 bits per heavy atom. The summed E-state index contributed by atoms with van der Waals surface area (Å²) in [6.45, 7) is 0.382. The molecule has 0 bridgehead atoms. The van der Waals surface area contributed by atoms with Crippen molar-refractivity contribution in [2.45, 2.75) is 19.0 Å². The van der Waals surface area contributed by atoms with Gasteiger partial charge in [0, 0.05) is 31.8 Å². The van der Waals surface area contributed by atoms with Crippen LogP contribution in [0.1, 0.15) is 33.2 Å². The van der Waals surface area contributed by atoms with Crippen LogP contribution in [-0.4, -0.2) is 25.6 Å². The van der Waals surface area contributed by atoms with E-state index in [0.717, 1.165) is 16.8 Å². The molecule has 8 heteroatoms. The summed E-state index contributed by atoms with van der Waals surface area (Å²) in [6, 6.07) is 12.9. The van der Waals surface area contributed by atoms with E-state index in [1.54, 1.807) is 23.0 Å². The number of aryl methyl sites for hydroxylation is 1. The smallest absolute Gasteiger partial charge is 0.408 e. The minimum Gasteiger partial charge on any atom is -0.408 e. The number of carbonyl (C=O) groups excluding carboxylic acids is 1. The summed E-state index contributed by atoms with van der Waals surface area (Å²) in [7, 11) is 1.82. The van der Waals surface area contributed by atoms with Gasteiger partial charge in [0.15, 0.2) is 5.58 Å². The van der Waals surface area contributed by atoms with Crippen LogP contribution in [0.5, 0.6) is 0 Å². The number of hydrogen-bond donors (Lipinski definition) is 1. The predicted molar refractivity (Wildman–Crippen MR) is 108 cm³/mol. The van der Waals surface area contributed by atoms with Crippen molar-refractivity contribution in [1.82, 2.24) is 19.7 Å². The van der Waals surface area contributed by atoms with Gasteiger partial charge in [0.25, 0.3) is 5.91 Å². The number of oxazole rings is 1. The number of fused-ring (bicyclic) bond motifs is 2. The Balaban J connectivity index is 1.52. The third-order valence-corrected chi connectivity index (χ3v) is 5.58. The molecule has 4 aromatic rings. The molecule has 0 saturated carbocycles. The number of amides is 1. The maximum absolute atomic E-state index is 13.1. The molecule has 5 rings (SSSR count). The number of aromatic amines is 1. The fraction of sp³-hybridized carbons (Fsp3) is 0.190. The number of H-pyrrole nitrogens is 1. The monoisotopic (exact) mass is 408 g/mol. The molecule has 2 aromatic heterocycles. The molecule has 0 spiro atoms. The minimum absolute atomic E-state index is 0.0340. The fourth-order valence-corrected chi connectivity index (χ4v) is 4.22. The van der Waals surface area contributed by atoms with E-state index in [9.17, 15) is 9.59 Å². The molecule has 2 aromatic carbocycles. The van der Waals surface area contributed by atoms with E-state index in [1.807, 2.05) is 42.3 Å². The third kappa shape index (κ3) is 3.03. The Bertz CT molecular complexity index is 1300. The number of benzene rings is 2. The highest BCUT2D eigenvalue weighted by Gasteiger charge is 2.37. The fourth-order valence-electron chi connectivity index (χ4n) is 3.96. The van der Waals surface area contributed by atoms with Crippen molar-refractivity contribution in [3.05, 3.63) is 86.6 Å². The van der Waals surface area contributed by atoms with Gasteiger partial charge in [0.05, 0.1) is 22.3 Å². The van der Waals surface area contributed by atoms with E-state index in [-0.39, 0.29) is 11.9 Å². The zero-order chi connectivity index (χ0) is 20.1. The molecule has 0 radical (unpaired) electrons. The van der Waals surface area contributed by atoms with Crippen molar-refractivity contribution in [2.75, 3.05) is 0 Å². The van der Waals surface area contributed by atoms with Crippen LogP contribution in [-0.2, 0) is 20.0 Å². The quantitative estimate of drug-likeness (QED) is 0.560. The number of carbonyl (C=O) groups is 1. The highest BCUT2D eigenvalue weighted by Crippen LogP contribution is 2.38. The Hall–Kier alpha value is -3.32. The standard InChI is InChI=1S/C21H17ClN4O3/c1-25-11-15(22)17(24-25)9-18-13-4-2-3-5-14(13)20(27)26(18)10-12-6-7-16-19(8-12)29-21(28)23-16/h2-8,11,18H,9-10H2,1H3,(H,23,28). The van der Waals surface area contributed by atoms with Crippen LogP contribution in [0.2, 0.25) is 5.02 Å². The van der Waals surface area contributed by atoms with Crippen LogP contribution in [0, 0.1) is 0 Å². The summed E-state index contributed by atoms with van der Waals surface area (Å²) >= 11 is 6.33. The maximum Gasteiger partial charge on any atom is 0.417 e. The predicted octanol–water partition coefficient (Wildman–Crippen LogP) is 3.45. The number of rotatable bonds is 4. The molecule has 29 heavy (non-hydrogen) atoms. The first kappa shape index (κ1) is 17.8. The molecule has 146 valence electrons. The average molecular weight is 409 g/mol. The zero-order valence-electron chi connectivity index (χ0n) is 15.6. The summed E-state index contributed by atoms with van der Waals surface area (Å²) in [5, 5.41) is 5.03. The average Bonchev–Trinajstić information content (AvgIpc) is 3.30. The minimum atomic E-state index is -0.496. The highest BCUT2D eigenvalue weighted by atomic mass is 35.5. The normalized spacial score (nSPS) is 16.0. The molecule has 1 atom stereocenters. The maximum atomic E-state index is 13.1. The molecule has 3 heterocycles. The van der Waals surface area contributed by atoms with E-state index in [0.29, 0.717) is 34.7 Å². The summed E-state index contributed by atoms with van der Waals surface area (Å²) in [5.74, 6) is -0.530. The van der Waals surface area contributed by atoms with Crippen LogP contribution >= 0.6 is 11.6 Å². The lowest BCUT2D eigenvalue weighted by atomic mass is 10.0. The third-order valence-electron chi connectivity index (χ3n) is 5.27. The van der Waals surface area contributed by atoms with Gasteiger partial charge in [-0.3, -0.25) is 14.5 Å². The summed E-state index contributed by atoms with van der Waals surface area (Å²) < 4.78 is 6.83. The number of aromatic nitrogens is 3. The number of nitrogens with zero attached hydrogens (tertiary/aromatic N) is 3. The van der Waals surface area contributed by atoms with E-state index in [4.69, 9.17) is 16.0 Å². The Morgan fingerprint density at radius 1 is 1.21 bits per heavy atom. The lowest BCUT2D eigenvalue weighted by molar-refractivity contribution is 0.0708. The van der Waals surface area contributed by atoms with Gasteiger partial charge in [-0.25, -0.2) is 4.79 Å². The summed E-state index contributed by atoms with van der Waals surface area (Å²) in [4.78, 5) is 29.0. The van der Waals surface area contributed by atoms with E-state index in [2.05, 4.69) is 10.1 Å². The van der Waals surface area contributed by atoms with Crippen LogP contribution in [0.4, 0.5) is 0 Å². The second-order valence-electron chi connectivity index (χ2n) is 7.18. The Kier molecular flexibility index (Phi) is 4.06. The molecule has 0 aliphatic carbocycles. The molecule has 1 aliphatic rings. The van der Waals surface area contributed by atoms with E-state index >= 15 is 0 Å². The highest BCUT2D eigenvalue weighted by molar-refractivity contribution is 6.31. The van der Waals surface area contributed by atoms with Crippen molar-refractivity contribution in [2.24, 2.45) is 7.05 Å². The Morgan fingerprint density at radius 3 is 2.83 bits per heavy atom. The van der Waals surface area contributed by atoms with E-state index < -0.39 is 5.76 Å². The van der Waals surface area contributed by atoms with Crippen molar-refractivity contribution >= 4 is 28.6 Å². The number of halogens is 1. The topological polar surface area (TPSA) is 84.1 Å². The first-order valence-electron chi connectivity index (χ1n) is 9.19. The molecule has 1 unspecified atom stereocenters.